The fraction of sp³-hybridized carbons (Fsp3) is 0.333. The quantitative estimate of drug-likeness (QED) is 0.461. The molecule has 0 aliphatic heterocycles. The molecule has 0 aromatic rings. The molecule has 0 spiro atoms. The lowest BCUT2D eigenvalue weighted by Crippen LogP contribution is -2.32. The Bertz CT molecular complexity index is 249. The minimum atomic E-state index is -1.06. The van der Waals surface area contributed by atoms with Crippen LogP contribution >= 0.6 is 0 Å². The normalized spacial score (nSPS) is 19.0. The number of carbonyl (C=O) groups excluding carboxylic acids is 2. The lowest BCUT2D eigenvalue weighted by atomic mass is 10.1. The van der Waals surface area contributed by atoms with Gasteiger partial charge in [-0.15, -0.1) is 0 Å². The molecule has 0 radical (unpaired) electrons. The van der Waals surface area contributed by atoms with Crippen LogP contribution in [0.3, 0.4) is 0 Å². The molecule has 0 saturated carbocycles. The molecule has 0 saturated heterocycles. The molecule has 1 aliphatic rings. The second-order valence-electron chi connectivity index (χ2n) is 2.47. The first-order valence-corrected chi connectivity index (χ1v) is 3.77. The summed E-state index contributed by atoms with van der Waals surface area (Å²) in [5.41, 5.74) is 0. The van der Waals surface area contributed by atoms with Crippen molar-refractivity contribution in [1.82, 2.24) is 0 Å². The maximum absolute atomic E-state index is 10.8. The molecular formula is C9H10O4. The van der Waals surface area contributed by atoms with E-state index in [1.165, 1.54) is 31.4 Å². The van der Waals surface area contributed by atoms with Crippen LogP contribution < -0.4 is 0 Å². The summed E-state index contributed by atoms with van der Waals surface area (Å²) in [6.45, 7) is -0.0727. The van der Waals surface area contributed by atoms with Crippen molar-refractivity contribution in [2.75, 3.05) is 13.7 Å². The summed E-state index contributed by atoms with van der Waals surface area (Å²) in [5, 5.41) is 0. The SMILES string of the molecule is COC1(OCC=O)C=CC(=O)C=C1. The highest BCUT2D eigenvalue weighted by Gasteiger charge is 2.26. The van der Waals surface area contributed by atoms with E-state index in [2.05, 4.69) is 0 Å². The molecule has 13 heavy (non-hydrogen) atoms. The first kappa shape index (κ1) is 9.83. The minimum Gasteiger partial charge on any atom is -0.346 e. The van der Waals surface area contributed by atoms with Gasteiger partial charge in [0.1, 0.15) is 12.9 Å². The summed E-state index contributed by atoms with van der Waals surface area (Å²) >= 11 is 0. The third kappa shape index (κ3) is 2.34. The lowest BCUT2D eigenvalue weighted by molar-refractivity contribution is -0.158. The summed E-state index contributed by atoms with van der Waals surface area (Å²) in [4.78, 5) is 20.9. The monoisotopic (exact) mass is 182 g/mol. The Labute approximate surface area is 75.8 Å². The Morgan fingerprint density at radius 1 is 1.46 bits per heavy atom. The van der Waals surface area contributed by atoms with Gasteiger partial charge in [-0.2, -0.15) is 0 Å². The maximum Gasteiger partial charge on any atom is 0.208 e. The van der Waals surface area contributed by atoms with Crippen molar-refractivity contribution < 1.29 is 19.1 Å². The van der Waals surface area contributed by atoms with Crippen LogP contribution in [0.2, 0.25) is 0 Å². The number of hydrogen-bond donors (Lipinski definition) is 0. The third-order valence-electron chi connectivity index (χ3n) is 1.66. The van der Waals surface area contributed by atoms with Crippen molar-refractivity contribution in [3.63, 3.8) is 0 Å². The predicted molar refractivity (Wildman–Crippen MR) is 45.0 cm³/mol. The molecule has 0 fully saturated rings. The molecule has 0 unspecified atom stereocenters. The zero-order chi connectivity index (χ0) is 9.73. The highest BCUT2D eigenvalue weighted by atomic mass is 16.7. The minimum absolute atomic E-state index is 0.0727. The predicted octanol–water partition coefficient (Wildman–Crippen LogP) is 0.240. The zero-order valence-corrected chi connectivity index (χ0v) is 7.23. The van der Waals surface area contributed by atoms with Crippen molar-refractivity contribution in [2.24, 2.45) is 0 Å². The summed E-state index contributed by atoms with van der Waals surface area (Å²) < 4.78 is 10.1. The van der Waals surface area contributed by atoms with Crippen molar-refractivity contribution >= 4 is 12.1 Å². The highest BCUT2D eigenvalue weighted by molar-refractivity contribution is 6.00. The molecule has 0 heterocycles. The first-order chi connectivity index (χ1) is 6.22. The van der Waals surface area contributed by atoms with Crippen LogP contribution in [0.4, 0.5) is 0 Å². The third-order valence-corrected chi connectivity index (χ3v) is 1.66. The molecule has 70 valence electrons. The van der Waals surface area contributed by atoms with Gasteiger partial charge in [0.25, 0.3) is 0 Å². The van der Waals surface area contributed by atoms with Gasteiger partial charge in [0.15, 0.2) is 5.78 Å². The van der Waals surface area contributed by atoms with Gasteiger partial charge in [-0.3, -0.25) is 4.79 Å². The van der Waals surface area contributed by atoms with E-state index in [0.717, 1.165) is 0 Å². The smallest absolute Gasteiger partial charge is 0.208 e. The van der Waals surface area contributed by atoms with Gasteiger partial charge in [-0.1, -0.05) is 0 Å². The van der Waals surface area contributed by atoms with E-state index in [1.54, 1.807) is 0 Å². The number of carbonyl (C=O) groups is 2. The Balaban J connectivity index is 2.71. The number of allylic oxidation sites excluding steroid dienone is 2. The molecule has 0 bridgehead atoms. The average molecular weight is 182 g/mol. The largest absolute Gasteiger partial charge is 0.346 e. The van der Waals surface area contributed by atoms with Crippen molar-refractivity contribution in [3.05, 3.63) is 24.3 Å². The number of hydrogen-bond acceptors (Lipinski definition) is 4. The van der Waals surface area contributed by atoms with Gasteiger partial charge in [0.2, 0.25) is 5.79 Å². The molecule has 0 aromatic heterocycles. The van der Waals surface area contributed by atoms with Crippen LogP contribution in [0.1, 0.15) is 0 Å². The van der Waals surface area contributed by atoms with Gasteiger partial charge in [0.05, 0.1) is 0 Å². The van der Waals surface area contributed by atoms with Crippen molar-refractivity contribution in [1.29, 1.82) is 0 Å². The van der Waals surface area contributed by atoms with Crippen LogP contribution in [0.25, 0.3) is 0 Å². The lowest BCUT2D eigenvalue weighted by Gasteiger charge is -2.26. The van der Waals surface area contributed by atoms with Crippen molar-refractivity contribution in [3.8, 4) is 0 Å². The van der Waals surface area contributed by atoms with Crippen LogP contribution in [-0.4, -0.2) is 31.6 Å². The van der Waals surface area contributed by atoms with Gasteiger partial charge in [0, 0.05) is 7.11 Å². The Morgan fingerprint density at radius 3 is 2.54 bits per heavy atom. The summed E-state index contributed by atoms with van der Waals surface area (Å²) in [6, 6.07) is 0. The second-order valence-corrected chi connectivity index (χ2v) is 2.47. The molecule has 1 rings (SSSR count). The van der Waals surface area contributed by atoms with E-state index in [-0.39, 0.29) is 12.4 Å². The molecule has 0 N–H and O–H groups in total. The molecule has 0 atom stereocenters. The Morgan fingerprint density at radius 2 is 2.08 bits per heavy atom. The van der Waals surface area contributed by atoms with Gasteiger partial charge >= 0.3 is 0 Å². The van der Waals surface area contributed by atoms with Crippen LogP contribution in [0.15, 0.2) is 24.3 Å². The molecule has 0 aromatic carbocycles. The van der Waals surface area contributed by atoms with Gasteiger partial charge in [-0.05, 0) is 24.3 Å². The number of aldehydes is 1. The number of rotatable bonds is 4. The Hall–Kier alpha value is -1.26. The van der Waals surface area contributed by atoms with E-state index in [1.807, 2.05) is 0 Å². The average Bonchev–Trinajstić information content (AvgIpc) is 2.18. The number of ketones is 1. The van der Waals surface area contributed by atoms with Crippen LogP contribution in [-0.2, 0) is 19.1 Å². The second kappa shape index (κ2) is 4.11. The van der Waals surface area contributed by atoms with E-state index in [0.29, 0.717) is 6.29 Å². The van der Waals surface area contributed by atoms with E-state index in [9.17, 15) is 9.59 Å². The molecule has 4 heteroatoms. The van der Waals surface area contributed by atoms with Gasteiger partial charge in [-0.25, -0.2) is 0 Å². The fourth-order valence-electron chi connectivity index (χ4n) is 0.963. The first-order valence-electron chi connectivity index (χ1n) is 3.77. The van der Waals surface area contributed by atoms with E-state index < -0.39 is 5.79 Å². The van der Waals surface area contributed by atoms with Gasteiger partial charge < -0.3 is 14.3 Å². The van der Waals surface area contributed by atoms with Crippen LogP contribution in [0, 0.1) is 0 Å². The summed E-state index contributed by atoms with van der Waals surface area (Å²) in [7, 11) is 1.44. The summed E-state index contributed by atoms with van der Waals surface area (Å²) in [6.07, 6.45) is 6.25. The van der Waals surface area contributed by atoms with Crippen molar-refractivity contribution in [2.45, 2.75) is 5.79 Å². The number of ether oxygens (including phenoxy) is 2. The van der Waals surface area contributed by atoms with E-state index in [4.69, 9.17) is 9.47 Å². The maximum atomic E-state index is 10.8. The zero-order valence-electron chi connectivity index (χ0n) is 7.23. The number of methoxy groups -OCH3 is 1. The fourth-order valence-corrected chi connectivity index (χ4v) is 0.963. The standard InChI is InChI=1S/C9H10O4/c1-12-9(13-7-6-10)4-2-8(11)3-5-9/h2-6H,7H2,1H3. The molecular weight excluding hydrogens is 172 g/mol. The molecule has 0 amide bonds. The highest BCUT2D eigenvalue weighted by Crippen LogP contribution is 2.19. The topological polar surface area (TPSA) is 52.6 Å². The molecule has 1 aliphatic carbocycles. The Kier molecular flexibility index (Phi) is 3.11. The summed E-state index contributed by atoms with van der Waals surface area (Å²) in [5.74, 6) is -1.18. The van der Waals surface area contributed by atoms with Crippen LogP contribution in [0.5, 0.6) is 0 Å². The van der Waals surface area contributed by atoms with E-state index >= 15 is 0 Å². The molecule has 4 nitrogen and oxygen atoms in total.